The second-order valence-corrected chi connectivity index (χ2v) is 10.4. The summed E-state index contributed by atoms with van der Waals surface area (Å²) in [7, 11) is -0.526. The first-order valence-corrected chi connectivity index (χ1v) is 12.3. The predicted octanol–water partition coefficient (Wildman–Crippen LogP) is 3.44. The Bertz CT molecular complexity index is 1190. The van der Waals surface area contributed by atoms with E-state index in [1.165, 1.54) is 18.4 Å². The second-order valence-electron chi connectivity index (χ2n) is 8.27. The van der Waals surface area contributed by atoms with Gasteiger partial charge in [0, 0.05) is 45.6 Å². The van der Waals surface area contributed by atoms with Gasteiger partial charge in [0.2, 0.25) is 15.9 Å². The Hall–Kier alpha value is -2.72. The molecule has 0 unspecified atom stereocenters. The lowest BCUT2D eigenvalue weighted by Crippen LogP contribution is -2.22. The molecule has 0 aliphatic rings. The number of aryl methyl sites for hydroxylation is 2. The molecule has 1 amide bonds. The summed E-state index contributed by atoms with van der Waals surface area (Å²) < 4.78 is 30.1. The quantitative estimate of drug-likeness (QED) is 0.499. The highest BCUT2D eigenvalue weighted by atomic mass is 32.2. The molecule has 32 heavy (non-hydrogen) atoms. The number of fused-ring (bicyclic) bond motifs is 1. The SMILES string of the molecule is CCCCn1c(CCC(=O)Nc2ccnn2C(C)C)nc2cc(S(=O)(=O)N(C)C)ccc21. The lowest BCUT2D eigenvalue weighted by atomic mass is 10.2. The molecule has 0 aliphatic carbocycles. The summed E-state index contributed by atoms with van der Waals surface area (Å²) in [6, 6.07) is 6.95. The van der Waals surface area contributed by atoms with E-state index < -0.39 is 10.0 Å². The maximum atomic E-state index is 12.6. The number of nitrogens with one attached hydrogen (secondary N) is 1. The Morgan fingerprint density at radius 2 is 1.97 bits per heavy atom. The van der Waals surface area contributed by atoms with E-state index in [9.17, 15) is 13.2 Å². The summed E-state index contributed by atoms with van der Waals surface area (Å²) in [4.78, 5) is 17.5. The molecule has 10 heteroatoms. The third-order valence-corrected chi connectivity index (χ3v) is 7.13. The smallest absolute Gasteiger partial charge is 0.242 e. The van der Waals surface area contributed by atoms with Crippen molar-refractivity contribution in [3.8, 4) is 0 Å². The first kappa shape index (κ1) is 23.9. The van der Waals surface area contributed by atoms with Crippen LogP contribution in [-0.2, 0) is 27.8 Å². The van der Waals surface area contributed by atoms with Crippen LogP contribution in [0.2, 0.25) is 0 Å². The number of sulfonamides is 1. The lowest BCUT2D eigenvalue weighted by Gasteiger charge is -2.12. The Morgan fingerprint density at radius 1 is 1.22 bits per heavy atom. The van der Waals surface area contributed by atoms with Crippen LogP contribution < -0.4 is 5.32 Å². The topological polar surface area (TPSA) is 102 Å². The van der Waals surface area contributed by atoms with Crippen LogP contribution in [0.1, 0.15) is 51.9 Å². The monoisotopic (exact) mass is 460 g/mol. The van der Waals surface area contributed by atoms with E-state index >= 15 is 0 Å². The van der Waals surface area contributed by atoms with Crippen molar-refractivity contribution >= 4 is 32.8 Å². The molecule has 0 aliphatic heterocycles. The van der Waals surface area contributed by atoms with E-state index in [4.69, 9.17) is 4.98 Å². The minimum Gasteiger partial charge on any atom is -0.328 e. The zero-order valence-electron chi connectivity index (χ0n) is 19.4. The van der Waals surface area contributed by atoms with Crippen LogP contribution in [0, 0.1) is 0 Å². The molecule has 0 fully saturated rings. The van der Waals surface area contributed by atoms with Gasteiger partial charge in [-0.1, -0.05) is 13.3 Å². The number of anilines is 1. The van der Waals surface area contributed by atoms with Crippen LogP contribution in [0.3, 0.4) is 0 Å². The molecule has 0 spiro atoms. The molecule has 0 saturated heterocycles. The molecular weight excluding hydrogens is 428 g/mol. The van der Waals surface area contributed by atoms with Crippen LogP contribution in [0.4, 0.5) is 5.82 Å². The molecule has 3 rings (SSSR count). The van der Waals surface area contributed by atoms with Gasteiger partial charge in [-0.25, -0.2) is 22.4 Å². The zero-order chi connectivity index (χ0) is 23.5. The van der Waals surface area contributed by atoms with E-state index in [1.807, 2.05) is 13.8 Å². The number of hydrogen-bond donors (Lipinski definition) is 1. The molecule has 2 aromatic heterocycles. The molecule has 1 N–H and O–H groups in total. The number of imidazole rings is 1. The molecule has 9 nitrogen and oxygen atoms in total. The average Bonchev–Trinajstić information content (AvgIpc) is 3.34. The fourth-order valence-electron chi connectivity index (χ4n) is 3.54. The molecule has 0 saturated carbocycles. The minimum absolute atomic E-state index is 0.114. The van der Waals surface area contributed by atoms with Crippen molar-refractivity contribution in [2.75, 3.05) is 19.4 Å². The van der Waals surface area contributed by atoms with Gasteiger partial charge in [0.1, 0.15) is 11.6 Å². The van der Waals surface area contributed by atoms with E-state index in [-0.39, 0.29) is 23.3 Å². The molecule has 2 heterocycles. The third kappa shape index (κ3) is 5.02. The summed E-state index contributed by atoms with van der Waals surface area (Å²) in [6.07, 6.45) is 4.37. The number of carbonyl (C=O) groups is 1. The van der Waals surface area contributed by atoms with Crippen LogP contribution in [0.25, 0.3) is 11.0 Å². The van der Waals surface area contributed by atoms with Crippen LogP contribution in [0.15, 0.2) is 35.4 Å². The molecule has 1 aromatic carbocycles. The van der Waals surface area contributed by atoms with Gasteiger partial charge in [-0.3, -0.25) is 4.79 Å². The fraction of sp³-hybridized carbons (Fsp3) is 0.500. The van der Waals surface area contributed by atoms with E-state index in [1.54, 1.807) is 35.1 Å². The summed E-state index contributed by atoms with van der Waals surface area (Å²) >= 11 is 0. The van der Waals surface area contributed by atoms with Crippen molar-refractivity contribution in [3.63, 3.8) is 0 Å². The fourth-order valence-corrected chi connectivity index (χ4v) is 4.47. The number of hydrogen-bond acceptors (Lipinski definition) is 5. The van der Waals surface area contributed by atoms with Gasteiger partial charge in [-0.15, -0.1) is 0 Å². The van der Waals surface area contributed by atoms with Crippen molar-refractivity contribution < 1.29 is 13.2 Å². The van der Waals surface area contributed by atoms with Gasteiger partial charge in [0.05, 0.1) is 22.1 Å². The Kier molecular flexibility index (Phi) is 7.35. The van der Waals surface area contributed by atoms with E-state index in [0.717, 1.165) is 30.7 Å². The summed E-state index contributed by atoms with van der Waals surface area (Å²) in [5, 5.41) is 7.16. The maximum absolute atomic E-state index is 12.6. The second kappa shape index (κ2) is 9.83. The number of unbranched alkanes of at least 4 members (excludes halogenated alkanes) is 1. The molecular formula is C22H32N6O3S. The predicted molar refractivity (Wildman–Crippen MR) is 125 cm³/mol. The largest absolute Gasteiger partial charge is 0.328 e. The standard InChI is InChI=1S/C22H32N6O3S/c1-6-7-14-27-19-9-8-17(32(30,31)26(4)5)15-18(19)24-20(27)10-11-22(29)25-21-12-13-23-28(21)16(2)3/h8-9,12-13,15-16H,6-7,10-11,14H2,1-5H3,(H,25,29). The van der Waals surface area contributed by atoms with Gasteiger partial charge < -0.3 is 9.88 Å². The van der Waals surface area contributed by atoms with E-state index in [2.05, 4.69) is 21.9 Å². The highest BCUT2D eigenvalue weighted by Gasteiger charge is 2.20. The third-order valence-electron chi connectivity index (χ3n) is 5.32. The molecule has 3 aromatic rings. The molecule has 0 radical (unpaired) electrons. The van der Waals surface area contributed by atoms with E-state index in [0.29, 0.717) is 17.8 Å². The summed E-state index contributed by atoms with van der Waals surface area (Å²) in [5.74, 6) is 1.33. The number of aromatic nitrogens is 4. The number of nitrogens with zero attached hydrogens (tertiary/aromatic N) is 5. The van der Waals surface area contributed by atoms with Gasteiger partial charge in [-0.2, -0.15) is 5.10 Å². The average molecular weight is 461 g/mol. The van der Waals surface area contributed by atoms with Crippen LogP contribution in [0.5, 0.6) is 0 Å². The van der Waals surface area contributed by atoms with Crippen molar-refractivity contribution in [1.82, 2.24) is 23.6 Å². The number of carbonyl (C=O) groups excluding carboxylic acids is 1. The van der Waals surface area contributed by atoms with Gasteiger partial charge in [-0.05, 0) is 38.5 Å². The summed E-state index contributed by atoms with van der Waals surface area (Å²) in [6.45, 7) is 6.89. The normalized spacial score (nSPS) is 12.2. The molecule has 174 valence electrons. The summed E-state index contributed by atoms with van der Waals surface area (Å²) in [5.41, 5.74) is 1.50. The van der Waals surface area contributed by atoms with Crippen LogP contribution in [-0.4, -0.2) is 52.1 Å². The zero-order valence-corrected chi connectivity index (χ0v) is 20.2. The Morgan fingerprint density at radius 3 is 2.62 bits per heavy atom. The minimum atomic E-state index is -3.54. The Labute approximate surface area is 189 Å². The van der Waals surface area contributed by atoms with Gasteiger partial charge in [0.15, 0.2) is 0 Å². The number of amides is 1. The molecule has 0 atom stereocenters. The highest BCUT2D eigenvalue weighted by Crippen LogP contribution is 2.23. The van der Waals surface area contributed by atoms with Crippen molar-refractivity contribution in [2.45, 2.75) is 63.9 Å². The van der Waals surface area contributed by atoms with Crippen molar-refractivity contribution in [2.24, 2.45) is 0 Å². The lowest BCUT2D eigenvalue weighted by molar-refractivity contribution is -0.116. The van der Waals surface area contributed by atoms with Crippen LogP contribution >= 0.6 is 0 Å². The van der Waals surface area contributed by atoms with Gasteiger partial charge >= 0.3 is 0 Å². The Balaban J connectivity index is 1.84. The molecule has 0 bridgehead atoms. The maximum Gasteiger partial charge on any atom is 0.242 e. The van der Waals surface area contributed by atoms with Crippen molar-refractivity contribution in [3.05, 3.63) is 36.3 Å². The van der Waals surface area contributed by atoms with Crippen molar-refractivity contribution in [1.29, 1.82) is 0 Å². The van der Waals surface area contributed by atoms with Gasteiger partial charge in [0.25, 0.3) is 0 Å². The number of benzene rings is 1. The highest BCUT2D eigenvalue weighted by molar-refractivity contribution is 7.89. The number of rotatable bonds is 10. The first-order valence-electron chi connectivity index (χ1n) is 10.9. The first-order chi connectivity index (χ1) is 15.1.